The van der Waals surface area contributed by atoms with Crippen LogP contribution >= 0.6 is 0 Å². The minimum Gasteiger partial charge on any atom is -0.497 e. The van der Waals surface area contributed by atoms with Crippen LogP contribution in [0, 0.1) is 0 Å². The van der Waals surface area contributed by atoms with Gasteiger partial charge in [-0.15, -0.1) is 0 Å². The van der Waals surface area contributed by atoms with Crippen LogP contribution in [0.5, 0.6) is 5.75 Å². The Morgan fingerprint density at radius 2 is 2.00 bits per heavy atom. The van der Waals surface area contributed by atoms with E-state index in [1.165, 1.54) is 0 Å². The summed E-state index contributed by atoms with van der Waals surface area (Å²) in [6.07, 6.45) is 2.59. The van der Waals surface area contributed by atoms with Gasteiger partial charge < -0.3 is 25.4 Å². The van der Waals surface area contributed by atoms with Crippen LogP contribution in [0.1, 0.15) is 19.3 Å². The molecule has 2 amide bonds. The molecule has 0 aliphatic carbocycles. The number of likely N-dealkylation sites (tertiary alicyclic amines) is 1. The molecule has 0 spiro atoms. The smallest absolute Gasteiger partial charge is 0.319 e. The number of aliphatic hydroxyl groups is 1. The third kappa shape index (κ3) is 5.71. The number of anilines is 1. The summed E-state index contributed by atoms with van der Waals surface area (Å²) < 4.78 is 5.21. The minimum absolute atomic E-state index is 0.209. The SMILES string of the molecule is COc1ccc(-c2ccccc2NC(=O)NCCCN2CCC[C@H](O)C2)cc1. The van der Waals surface area contributed by atoms with E-state index in [9.17, 15) is 9.90 Å². The summed E-state index contributed by atoms with van der Waals surface area (Å²) in [5.41, 5.74) is 2.74. The predicted octanol–water partition coefficient (Wildman–Crippen LogP) is 3.33. The van der Waals surface area contributed by atoms with E-state index in [-0.39, 0.29) is 12.1 Å². The quantitative estimate of drug-likeness (QED) is 0.641. The number of ether oxygens (including phenoxy) is 1. The third-order valence-electron chi connectivity index (χ3n) is 4.99. The fourth-order valence-electron chi connectivity index (χ4n) is 3.52. The molecule has 28 heavy (non-hydrogen) atoms. The summed E-state index contributed by atoms with van der Waals surface area (Å²) in [6, 6.07) is 15.3. The maximum absolute atomic E-state index is 12.3. The number of hydrogen-bond acceptors (Lipinski definition) is 4. The van der Waals surface area contributed by atoms with E-state index in [1.807, 2.05) is 48.5 Å². The molecule has 3 N–H and O–H groups in total. The van der Waals surface area contributed by atoms with Crippen molar-refractivity contribution in [3.05, 3.63) is 48.5 Å². The highest BCUT2D eigenvalue weighted by Gasteiger charge is 2.16. The molecular formula is C22H29N3O3. The lowest BCUT2D eigenvalue weighted by molar-refractivity contribution is 0.0703. The van der Waals surface area contributed by atoms with Gasteiger partial charge in [0, 0.05) is 18.7 Å². The first-order valence-corrected chi connectivity index (χ1v) is 9.84. The van der Waals surface area contributed by atoms with Crippen LogP contribution in [-0.4, -0.2) is 55.4 Å². The van der Waals surface area contributed by atoms with Crippen molar-refractivity contribution in [1.82, 2.24) is 10.2 Å². The molecule has 3 rings (SSSR count). The fraction of sp³-hybridized carbons (Fsp3) is 0.409. The zero-order valence-corrected chi connectivity index (χ0v) is 16.4. The van der Waals surface area contributed by atoms with E-state index in [0.717, 1.165) is 61.5 Å². The summed E-state index contributed by atoms with van der Waals surface area (Å²) in [5, 5.41) is 15.6. The number of nitrogens with zero attached hydrogens (tertiary/aromatic N) is 1. The van der Waals surface area contributed by atoms with Crippen molar-refractivity contribution in [3.8, 4) is 16.9 Å². The molecule has 0 aromatic heterocycles. The van der Waals surface area contributed by atoms with Crippen molar-refractivity contribution in [3.63, 3.8) is 0 Å². The number of methoxy groups -OCH3 is 1. The van der Waals surface area contributed by atoms with Crippen LogP contribution in [0.2, 0.25) is 0 Å². The Hall–Kier alpha value is -2.57. The second-order valence-electron chi connectivity index (χ2n) is 7.11. The van der Waals surface area contributed by atoms with E-state index in [0.29, 0.717) is 6.54 Å². The molecule has 0 bridgehead atoms. The van der Waals surface area contributed by atoms with Gasteiger partial charge in [0.1, 0.15) is 5.75 Å². The maximum Gasteiger partial charge on any atom is 0.319 e. The lowest BCUT2D eigenvalue weighted by Gasteiger charge is -2.29. The third-order valence-corrected chi connectivity index (χ3v) is 4.99. The summed E-state index contributed by atoms with van der Waals surface area (Å²) >= 11 is 0. The van der Waals surface area contributed by atoms with Gasteiger partial charge in [-0.2, -0.15) is 0 Å². The molecule has 0 saturated carbocycles. The van der Waals surface area contributed by atoms with Crippen molar-refractivity contribution in [2.24, 2.45) is 0 Å². The van der Waals surface area contributed by atoms with Crippen LogP contribution in [0.25, 0.3) is 11.1 Å². The number of amides is 2. The molecule has 1 fully saturated rings. The summed E-state index contributed by atoms with van der Waals surface area (Å²) in [7, 11) is 1.64. The molecule has 1 aliphatic heterocycles. The maximum atomic E-state index is 12.3. The van der Waals surface area contributed by atoms with E-state index in [1.54, 1.807) is 7.11 Å². The number of benzene rings is 2. The Morgan fingerprint density at radius 3 is 2.75 bits per heavy atom. The highest BCUT2D eigenvalue weighted by atomic mass is 16.5. The van der Waals surface area contributed by atoms with Gasteiger partial charge in [-0.3, -0.25) is 0 Å². The standard InChI is InChI=1S/C22H29N3O3/c1-28-19-11-9-17(10-12-19)20-7-2-3-8-21(20)24-22(27)23-13-5-15-25-14-4-6-18(26)16-25/h2-3,7-12,18,26H,4-6,13-16H2,1H3,(H2,23,24,27)/t18-/m0/s1. The largest absolute Gasteiger partial charge is 0.497 e. The summed E-state index contributed by atoms with van der Waals surface area (Å²) in [4.78, 5) is 14.6. The first-order chi connectivity index (χ1) is 13.7. The van der Waals surface area contributed by atoms with Gasteiger partial charge in [0.25, 0.3) is 0 Å². The van der Waals surface area contributed by atoms with Gasteiger partial charge in [-0.05, 0) is 56.1 Å². The Balaban J connectivity index is 1.50. The minimum atomic E-state index is -0.209. The Morgan fingerprint density at radius 1 is 1.21 bits per heavy atom. The van der Waals surface area contributed by atoms with Crippen LogP contribution in [-0.2, 0) is 0 Å². The van der Waals surface area contributed by atoms with E-state index in [4.69, 9.17) is 4.74 Å². The number of carbonyl (C=O) groups is 1. The summed E-state index contributed by atoms with van der Waals surface area (Å²) in [5.74, 6) is 0.799. The molecule has 1 aliphatic rings. The lowest BCUT2D eigenvalue weighted by atomic mass is 10.0. The second kappa shape index (κ2) is 10.1. The van der Waals surface area contributed by atoms with Crippen LogP contribution in [0.15, 0.2) is 48.5 Å². The first-order valence-electron chi connectivity index (χ1n) is 9.84. The second-order valence-corrected chi connectivity index (χ2v) is 7.11. The summed E-state index contributed by atoms with van der Waals surface area (Å²) in [6.45, 7) is 3.25. The molecule has 2 aromatic rings. The molecular weight excluding hydrogens is 354 g/mol. The number of aliphatic hydroxyl groups excluding tert-OH is 1. The zero-order valence-electron chi connectivity index (χ0n) is 16.4. The molecule has 150 valence electrons. The number of β-amino-alcohol motifs (C(OH)–C–C–N with tert-alkyl or cyclic N) is 1. The topological polar surface area (TPSA) is 73.8 Å². The van der Waals surface area contributed by atoms with Gasteiger partial charge in [0.05, 0.1) is 18.9 Å². The van der Waals surface area contributed by atoms with E-state index < -0.39 is 0 Å². The average molecular weight is 383 g/mol. The fourth-order valence-corrected chi connectivity index (χ4v) is 3.52. The van der Waals surface area contributed by atoms with Gasteiger partial charge in [-0.25, -0.2) is 4.79 Å². The van der Waals surface area contributed by atoms with Crippen molar-refractivity contribution < 1.29 is 14.6 Å². The van der Waals surface area contributed by atoms with Crippen LogP contribution in [0.4, 0.5) is 10.5 Å². The molecule has 0 radical (unpaired) electrons. The lowest BCUT2D eigenvalue weighted by Crippen LogP contribution is -2.40. The van der Waals surface area contributed by atoms with E-state index >= 15 is 0 Å². The first kappa shape index (κ1) is 20.2. The number of piperidine rings is 1. The van der Waals surface area contributed by atoms with Gasteiger partial charge in [0.15, 0.2) is 0 Å². The van der Waals surface area contributed by atoms with Crippen molar-refractivity contribution in [2.45, 2.75) is 25.4 Å². The van der Waals surface area contributed by atoms with Gasteiger partial charge >= 0.3 is 6.03 Å². The number of rotatable bonds is 7. The van der Waals surface area contributed by atoms with E-state index in [2.05, 4.69) is 15.5 Å². The Labute approximate surface area is 166 Å². The number of para-hydroxylation sites is 1. The molecule has 1 heterocycles. The molecule has 1 saturated heterocycles. The molecule has 6 heteroatoms. The van der Waals surface area contributed by atoms with Crippen molar-refractivity contribution in [1.29, 1.82) is 0 Å². The van der Waals surface area contributed by atoms with Crippen LogP contribution in [0.3, 0.4) is 0 Å². The monoisotopic (exact) mass is 383 g/mol. The number of nitrogens with one attached hydrogen (secondary N) is 2. The molecule has 2 aromatic carbocycles. The normalized spacial score (nSPS) is 17.1. The highest BCUT2D eigenvalue weighted by Crippen LogP contribution is 2.29. The molecule has 6 nitrogen and oxygen atoms in total. The molecule has 0 unspecified atom stereocenters. The number of hydrogen-bond donors (Lipinski definition) is 3. The number of carbonyl (C=O) groups excluding carboxylic acids is 1. The van der Waals surface area contributed by atoms with Gasteiger partial charge in [0.2, 0.25) is 0 Å². The zero-order chi connectivity index (χ0) is 19.8. The van der Waals surface area contributed by atoms with Crippen LogP contribution < -0.4 is 15.4 Å². The highest BCUT2D eigenvalue weighted by molar-refractivity contribution is 5.94. The van der Waals surface area contributed by atoms with Crippen molar-refractivity contribution >= 4 is 11.7 Å². The van der Waals surface area contributed by atoms with Gasteiger partial charge in [-0.1, -0.05) is 30.3 Å². The number of urea groups is 1. The Kier molecular flexibility index (Phi) is 7.28. The molecule has 1 atom stereocenters. The van der Waals surface area contributed by atoms with Crippen molar-refractivity contribution in [2.75, 3.05) is 38.6 Å². The predicted molar refractivity (Wildman–Crippen MR) is 112 cm³/mol. The Bertz CT molecular complexity index is 764. The average Bonchev–Trinajstić information content (AvgIpc) is 2.72.